The van der Waals surface area contributed by atoms with Crippen LogP contribution >= 0.6 is 0 Å². The van der Waals surface area contributed by atoms with Crippen molar-refractivity contribution in [3.05, 3.63) is 29.6 Å². The van der Waals surface area contributed by atoms with Gasteiger partial charge in [0.15, 0.2) is 0 Å². The number of methoxy groups -OCH3 is 1. The van der Waals surface area contributed by atoms with Gasteiger partial charge in [0.25, 0.3) is 0 Å². The molecule has 0 aromatic heterocycles. The van der Waals surface area contributed by atoms with E-state index in [9.17, 15) is 4.39 Å². The minimum Gasteiger partial charge on any atom is -0.497 e. The van der Waals surface area contributed by atoms with E-state index < -0.39 is 0 Å². The highest BCUT2D eigenvalue weighted by Gasteiger charge is 2.22. The SMILES string of the molecule is COc1ccc(F)c(C2CCC(C)CC2)c1. The fraction of sp³-hybridized carbons (Fsp3) is 0.571. The van der Waals surface area contributed by atoms with Gasteiger partial charge in [-0.1, -0.05) is 19.8 Å². The number of rotatable bonds is 2. The Bertz CT molecular complexity index is 354. The van der Waals surface area contributed by atoms with Crippen molar-refractivity contribution in [2.24, 2.45) is 5.92 Å². The topological polar surface area (TPSA) is 9.23 Å². The van der Waals surface area contributed by atoms with Crippen molar-refractivity contribution < 1.29 is 9.13 Å². The molecule has 0 unspecified atom stereocenters. The van der Waals surface area contributed by atoms with Gasteiger partial charge < -0.3 is 4.74 Å². The molecule has 88 valence electrons. The van der Waals surface area contributed by atoms with Gasteiger partial charge in [-0.05, 0) is 48.4 Å². The molecule has 0 spiro atoms. The molecule has 1 aromatic rings. The minimum absolute atomic E-state index is 0.0830. The predicted molar refractivity (Wildman–Crippen MR) is 63.3 cm³/mol. The van der Waals surface area contributed by atoms with E-state index in [0.29, 0.717) is 5.92 Å². The third kappa shape index (κ3) is 2.37. The number of hydrogen-bond donors (Lipinski definition) is 0. The van der Waals surface area contributed by atoms with Crippen LogP contribution in [0.15, 0.2) is 18.2 Å². The maximum atomic E-state index is 13.7. The molecule has 1 fully saturated rings. The molecule has 1 saturated carbocycles. The average Bonchev–Trinajstić information content (AvgIpc) is 2.31. The van der Waals surface area contributed by atoms with Crippen LogP contribution in [0.3, 0.4) is 0 Å². The van der Waals surface area contributed by atoms with Gasteiger partial charge in [-0.3, -0.25) is 0 Å². The molecule has 16 heavy (non-hydrogen) atoms. The number of hydrogen-bond acceptors (Lipinski definition) is 1. The summed E-state index contributed by atoms with van der Waals surface area (Å²) in [4.78, 5) is 0. The Morgan fingerprint density at radius 1 is 1.19 bits per heavy atom. The number of ether oxygens (including phenoxy) is 1. The summed E-state index contributed by atoms with van der Waals surface area (Å²) in [5.41, 5.74) is 0.839. The fourth-order valence-corrected chi connectivity index (χ4v) is 2.53. The second kappa shape index (κ2) is 4.86. The smallest absolute Gasteiger partial charge is 0.126 e. The first kappa shape index (κ1) is 11.4. The zero-order chi connectivity index (χ0) is 11.5. The fourth-order valence-electron chi connectivity index (χ4n) is 2.53. The second-order valence-corrected chi connectivity index (χ2v) is 4.84. The van der Waals surface area contributed by atoms with E-state index in [1.807, 2.05) is 6.07 Å². The summed E-state index contributed by atoms with van der Waals surface area (Å²) in [5.74, 6) is 1.85. The summed E-state index contributed by atoms with van der Waals surface area (Å²) in [6.45, 7) is 2.28. The van der Waals surface area contributed by atoms with E-state index in [1.54, 1.807) is 13.2 Å². The van der Waals surface area contributed by atoms with Crippen molar-refractivity contribution >= 4 is 0 Å². The molecule has 0 aliphatic heterocycles. The van der Waals surface area contributed by atoms with Crippen LogP contribution in [0.4, 0.5) is 4.39 Å². The first-order valence-corrected chi connectivity index (χ1v) is 6.04. The molecule has 1 aliphatic rings. The van der Waals surface area contributed by atoms with E-state index in [1.165, 1.54) is 18.9 Å². The van der Waals surface area contributed by atoms with Crippen molar-refractivity contribution in [3.8, 4) is 5.75 Å². The molecule has 0 heterocycles. The van der Waals surface area contributed by atoms with Crippen molar-refractivity contribution in [1.29, 1.82) is 0 Å². The van der Waals surface area contributed by atoms with Crippen LogP contribution in [-0.2, 0) is 0 Å². The third-order valence-electron chi connectivity index (χ3n) is 3.66. The molecule has 0 saturated heterocycles. The Kier molecular flexibility index (Phi) is 3.47. The lowest BCUT2D eigenvalue weighted by Crippen LogP contribution is -2.12. The second-order valence-electron chi connectivity index (χ2n) is 4.84. The summed E-state index contributed by atoms with van der Waals surface area (Å²) in [6.07, 6.45) is 4.62. The Morgan fingerprint density at radius 3 is 2.50 bits per heavy atom. The monoisotopic (exact) mass is 222 g/mol. The van der Waals surface area contributed by atoms with Crippen LogP contribution in [0.5, 0.6) is 5.75 Å². The number of benzene rings is 1. The van der Waals surface area contributed by atoms with E-state index in [-0.39, 0.29) is 5.82 Å². The van der Waals surface area contributed by atoms with E-state index in [2.05, 4.69) is 6.92 Å². The van der Waals surface area contributed by atoms with Crippen LogP contribution in [0.25, 0.3) is 0 Å². The Balaban J connectivity index is 2.19. The van der Waals surface area contributed by atoms with Crippen molar-refractivity contribution in [1.82, 2.24) is 0 Å². The largest absolute Gasteiger partial charge is 0.497 e. The van der Waals surface area contributed by atoms with E-state index >= 15 is 0 Å². The Hall–Kier alpha value is -1.05. The molecule has 1 aliphatic carbocycles. The van der Waals surface area contributed by atoms with Crippen molar-refractivity contribution in [2.75, 3.05) is 7.11 Å². The van der Waals surface area contributed by atoms with Gasteiger partial charge in [0.2, 0.25) is 0 Å². The zero-order valence-corrected chi connectivity index (χ0v) is 10.0. The molecule has 0 bridgehead atoms. The van der Waals surface area contributed by atoms with Crippen LogP contribution in [0.1, 0.15) is 44.1 Å². The van der Waals surface area contributed by atoms with Crippen LogP contribution in [0, 0.1) is 11.7 Å². The zero-order valence-electron chi connectivity index (χ0n) is 10.0. The third-order valence-corrected chi connectivity index (χ3v) is 3.66. The predicted octanol–water partition coefficient (Wildman–Crippen LogP) is 4.13. The lowest BCUT2D eigenvalue weighted by molar-refractivity contribution is 0.340. The van der Waals surface area contributed by atoms with Gasteiger partial charge in [-0.2, -0.15) is 0 Å². The molecule has 1 aromatic carbocycles. The van der Waals surface area contributed by atoms with Gasteiger partial charge in [0.05, 0.1) is 7.11 Å². The van der Waals surface area contributed by atoms with Gasteiger partial charge in [0.1, 0.15) is 11.6 Å². The highest BCUT2D eigenvalue weighted by Crippen LogP contribution is 2.37. The number of halogens is 1. The molecule has 2 rings (SSSR count). The first-order valence-electron chi connectivity index (χ1n) is 6.04. The van der Waals surface area contributed by atoms with Gasteiger partial charge in [0, 0.05) is 0 Å². The van der Waals surface area contributed by atoms with E-state index in [0.717, 1.165) is 30.1 Å². The summed E-state index contributed by atoms with van der Waals surface area (Å²) < 4.78 is 18.9. The maximum absolute atomic E-state index is 13.7. The Labute approximate surface area is 96.6 Å². The van der Waals surface area contributed by atoms with Gasteiger partial charge >= 0.3 is 0 Å². The van der Waals surface area contributed by atoms with Crippen molar-refractivity contribution in [3.63, 3.8) is 0 Å². The molecular weight excluding hydrogens is 203 g/mol. The molecule has 2 heteroatoms. The summed E-state index contributed by atoms with van der Waals surface area (Å²) >= 11 is 0. The molecule has 0 atom stereocenters. The maximum Gasteiger partial charge on any atom is 0.126 e. The lowest BCUT2D eigenvalue weighted by atomic mass is 9.79. The molecule has 1 nitrogen and oxygen atoms in total. The Morgan fingerprint density at radius 2 is 1.88 bits per heavy atom. The quantitative estimate of drug-likeness (QED) is 0.731. The average molecular weight is 222 g/mol. The molecule has 0 N–H and O–H groups in total. The van der Waals surface area contributed by atoms with E-state index in [4.69, 9.17) is 4.74 Å². The molecule has 0 radical (unpaired) electrons. The highest BCUT2D eigenvalue weighted by atomic mass is 19.1. The lowest BCUT2D eigenvalue weighted by Gasteiger charge is -2.26. The highest BCUT2D eigenvalue weighted by molar-refractivity contribution is 5.32. The molecule has 0 amide bonds. The van der Waals surface area contributed by atoms with Gasteiger partial charge in [-0.15, -0.1) is 0 Å². The normalized spacial score (nSPS) is 25.4. The van der Waals surface area contributed by atoms with Crippen LogP contribution in [-0.4, -0.2) is 7.11 Å². The van der Waals surface area contributed by atoms with Crippen molar-refractivity contribution in [2.45, 2.75) is 38.5 Å². The summed E-state index contributed by atoms with van der Waals surface area (Å²) in [5, 5.41) is 0. The molecular formula is C14H19FO. The first-order chi connectivity index (χ1) is 7.70. The summed E-state index contributed by atoms with van der Waals surface area (Å²) in [6, 6.07) is 5.06. The minimum atomic E-state index is -0.0830. The van der Waals surface area contributed by atoms with Crippen LogP contribution < -0.4 is 4.74 Å². The van der Waals surface area contributed by atoms with Gasteiger partial charge in [-0.25, -0.2) is 4.39 Å². The van der Waals surface area contributed by atoms with Crippen LogP contribution in [0.2, 0.25) is 0 Å². The summed E-state index contributed by atoms with van der Waals surface area (Å²) in [7, 11) is 1.62. The standard InChI is InChI=1S/C14H19FO/c1-10-3-5-11(6-4-10)13-9-12(16-2)7-8-14(13)15/h7-11H,3-6H2,1-2H3.